The van der Waals surface area contributed by atoms with Crippen LogP contribution in [0.15, 0.2) is 17.3 Å². The molecule has 3 rings (SSSR count). The summed E-state index contributed by atoms with van der Waals surface area (Å²) in [4.78, 5) is 21.0. The second kappa shape index (κ2) is 3.95. The summed E-state index contributed by atoms with van der Waals surface area (Å²) in [5.41, 5.74) is 7.30. The number of morpholine rings is 1. The fourth-order valence-electron chi connectivity index (χ4n) is 2.26. The number of carboxylic acids is 1. The summed E-state index contributed by atoms with van der Waals surface area (Å²) in [6.45, 7) is 1.73. The zero-order valence-corrected chi connectivity index (χ0v) is 9.54. The number of nitrogens with zero attached hydrogens (tertiary/aromatic N) is 3. The third kappa shape index (κ3) is 1.60. The molecule has 0 aliphatic carbocycles. The first-order valence-electron chi connectivity index (χ1n) is 5.58. The Morgan fingerprint density at radius 2 is 2.44 bits per heavy atom. The van der Waals surface area contributed by atoms with E-state index < -0.39 is 5.97 Å². The van der Waals surface area contributed by atoms with E-state index in [2.05, 4.69) is 9.98 Å². The molecule has 2 aliphatic rings. The van der Waals surface area contributed by atoms with Gasteiger partial charge in [0, 0.05) is 12.1 Å². The number of hydrogen-bond acceptors (Lipinski definition) is 6. The standard InChI is InChI=1S/C11H12N4O3/c12-11-14-8-4-13-7(10(16)17)3-6(8)9-5-18-2-1-15(9)11/h3-4,9H,1-2,5H2,(H2,12,14)(H,16,17)/t9-/m0/s1. The number of ether oxygens (including phenoxy) is 1. The van der Waals surface area contributed by atoms with Gasteiger partial charge in [-0.2, -0.15) is 0 Å². The third-order valence-corrected chi connectivity index (χ3v) is 3.15. The van der Waals surface area contributed by atoms with Crippen molar-refractivity contribution < 1.29 is 14.6 Å². The third-order valence-electron chi connectivity index (χ3n) is 3.15. The van der Waals surface area contributed by atoms with Gasteiger partial charge in [-0.25, -0.2) is 14.8 Å². The van der Waals surface area contributed by atoms with Crippen molar-refractivity contribution in [1.29, 1.82) is 0 Å². The molecule has 0 saturated carbocycles. The van der Waals surface area contributed by atoms with Gasteiger partial charge < -0.3 is 20.5 Å². The van der Waals surface area contributed by atoms with Gasteiger partial charge in [-0.05, 0) is 6.07 Å². The molecule has 0 bridgehead atoms. The number of fused-ring (bicyclic) bond motifs is 3. The van der Waals surface area contributed by atoms with Gasteiger partial charge in [0.05, 0.1) is 31.1 Å². The summed E-state index contributed by atoms with van der Waals surface area (Å²) >= 11 is 0. The van der Waals surface area contributed by atoms with Crippen LogP contribution in [0.3, 0.4) is 0 Å². The van der Waals surface area contributed by atoms with E-state index in [0.29, 0.717) is 31.4 Å². The van der Waals surface area contributed by atoms with Crippen molar-refractivity contribution in [1.82, 2.24) is 9.88 Å². The minimum absolute atomic E-state index is 0.00921. The molecule has 1 atom stereocenters. The Kier molecular flexibility index (Phi) is 2.41. The normalized spacial score (nSPS) is 21.9. The van der Waals surface area contributed by atoms with E-state index in [9.17, 15) is 4.79 Å². The molecule has 1 saturated heterocycles. The average molecular weight is 248 g/mol. The highest BCUT2D eigenvalue weighted by Crippen LogP contribution is 2.35. The van der Waals surface area contributed by atoms with Crippen molar-refractivity contribution in [3.8, 4) is 0 Å². The molecule has 0 radical (unpaired) electrons. The van der Waals surface area contributed by atoms with Crippen LogP contribution < -0.4 is 5.73 Å². The summed E-state index contributed by atoms with van der Waals surface area (Å²) in [5, 5.41) is 8.97. The van der Waals surface area contributed by atoms with Crippen molar-refractivity contribution in [3.63, 3.8) is 0 Å². The number of carboxylic acid groups (broad SMARTS) is 1. The number of nitrogens with two attached hydrogens (primary N) is 1. The predicted molar refractivity (Wildman–Crippen MR) is 62.7 cm³/mol. The number of pyridine rings is 1. The molecule has 94 valence electrons. The molecule has 2 aliphatic heterocycles. The van der Waals surface area contributed by atoms with Crippen molar-refractivity contribution >= 4 is 17.6 Å². The number of aliphatic imine (C=N–C) groups is 1. The first-order chi connectivity index (χ1) is 8.66. The van der Waals surface area contributed by atoms with Crippen LogP contribution in [-0.4, -0.2) is 46.7 Å². The number of aromatic nitrogens is 1. The largest absolute Gasteiger partial charge is 0.477 e. The number of hydrogen-bond donors (Lipinski definition) is 2. The molecule has 0 aromatic carbocycles. The highest BCUT2D eigenvalue weighted by atomic mass is 16.5. The van der Waals surface area contributed by atoms with Crippen LogP contribution in [0.4, 0.5) is 5.69 Å². The Morgan fingerprint density at radius 3 is 3.22 bits per heavy atom. The molecule has 3 N–H and O–H groups in total. The van der Waals surface area contributed by atoms with E-state index in [-0.39, 0.29) is 11.7 Å². The van der Waals surface area contributed by atoms with Crippen molar-refractivity contribution in [2.45, 2.75) is 6.04 Å². The lowest BCUT2D eigenvalue weighted by molar-refractivity contribution is 0.0240. The van der Waals surface area contributed by atoms with E-state index >= 15 is 0 Å². The van der Waals surface area contributed by atoms with Crippen LogP contribution in [-0.2, 0) is 4.74 Å². The zero-order chi connectivity index (χ0) is 12.7. The van der Waals surface area contributed by atoms with E-state index in [1.54, 1.807) is 6.07 Å². The quantitative estimate of drug-likeness (QED) is 0.731. The molecule has 0 amide bonds. The molecule has 0 unspecified atom stereocenters. The molecule has 7 nitrogen and oxygen atoms in total. The van der Waals surface area contributed by atoms with Crippen molar-refractivity contribution in [2.24, 2.45) is 10.7 Å². The van der Waals surface area contributed by atoms with Gasteiger partial charge in [-0.15, -0.1) is 0 Å². The predicted octanol–water partition coefficient (Wildman–Crippen LogP) is 0.113. The van der Waals surface area contributed by atoms with Gasteiger partial charge in [0.1, 0.15) is 5.69 Å². The molecular formula is C11H12N4O3. The summed E-state index contributed by atoms with van der Waals surface area (Å²) in [6.07, 6.45) is 1.44. The maximum absolute atomic E-state index is 10.9. The monoisotopic (exact) mass is 248 g/mol. The fraction of sp³-hybridized carbons (Fsp3) is 0.364. The topological polar surface area (TPSA) is 101 Å². The Bertz CT molecular complexity index is 543. The molecule has 3 heterocycles. The number of carbonyl (C=O) groups is 1. The lowest BCUT2D eigenvalue weighted by Crippen LogP contribution is -2.48. The van der Waals surface area contributed by atoms with Crippen LogP contribution in [0.1, 0.15) is 22.1 Å². The SMILES string of the molecule is NC1=Nc2cnc(C(=O)O)cc2[C@@H]2COCCN12. The van der Waals surface area contributed by atoms with Crippen LogP contribution in [0.5, 0.6) is 0 Å². The van der Waals surface area contributed by atoms with Crippen LogP contribution in [0.2, 0.25) is 0 Å². The zero-order valence-electron chi connectivity index (χ0n) is 9.54. The molecule has 1 aromatic heterocycles. The molecular weight excluding hydrogens is 236 g/mol. The molecule has 7 heteroatoms. The smallest absolute Gasteiger partial charge is 0.354 e. The minimum Gasteiger partial charge on any atom is -0.477 e. The van der Waals surface area contributed by atoms with Crippen molar-refractivity contribution in [2.75, 3.05) is 19.8 Å². The first kappa shape index (κ1) is 11.0. The average Bonchev–Trinajstić information content (AvgIpc) is 2.38. The van der Waals surface area contributed by atoms with E-state index in [1.807, 2.05) is 4.90 Å². The second-order valence-corrected chi connectivity index (χ2v) is 4.19. The summed E-state index contributed by atoms with van der Waals surface area (Å²) in [6, 6.07) is 1.47. The maximum Gasteiger partial charge on any atom is 0.354 e. The molecule has 18 heavy (non-hydrogen) atoms. The van der Waals surface area contributed by atoms with Gasteiger partial charge in [0.25, 0.3) is 0 Å². The second-order valence-electron chi connectivity index (χ2n) is 4.19. The highest BCUT2D eigenvalue weighted by Gasteiger charge is 2.32. The van der Waals surface area contributed by atoms with Gasteiger partial charge in [-0.1, -0.05) is 0 Å². The summed E-state index contributed by atoms with van der Waals surface area (Å²) < 4.78 is 5.42. The highest BCUT2D eigenvalue weighted by molar-refractivity contribution is 5.88. The lowest BCUT2D eigenvalue weighted by Gasteiger charge is -2.39. The maximum atomic E-state index is 10.9. The molecule has 1 fully saturated rings. The summed E-state index contributed by atoms with van der Waals surface area (Å²) in [5.74, 6) is -0.621. The fourth-order valence-corrected chi connectivity index (χ4v) is 2.26. The van der Waals surface area contributed by atoms with Gasteiger partial charge in [-0.3, -0.25) is 0 Å². The van der Waals surface area contributed by atoms with Crippen LogP contribution >= 0.6 is 0 Å². The first-order valence-corrected chi connectivity index (χ1v) is 5.58. The van der Waals surface area contributed by atoms with E-state index in [1.165, 1.54) is 6.20 Å². The van der Waals surface area contributed by atoms with E-state index in [4.69, 9.17) is 15.6 Å². The number of rotatable bonds is 1. The van der Waals surface area contributed by atoms with E-state index in [0.717, 1.165) is 5.56 Å². The van der Waals surface area contributed by atoms with Crippen LogP contribution in [0, 0.1) is 0 Å². The Balaban J connectivity index is 2.10. The Morgan fingerprint density at radius 1 is 1.61 bits per heavy atom. The molecule has 1 aromatic rings. The Hall–Kier alpha value is -2.15. The molecule has 0 spiro atoms. The summed E-state index contributed by atoms with van der Waals surface area (Å²) in [7, 11) is 0. The van der Waals surface area contributed by atoms with Gasteiger partial charge in [0.15, 0.2) is 5.96 Å². The van der Waals surface area contributed by atoms with Crippen molar-refractivity contribution in [3.05, 3.63) is 23.5 Å². The number of aromatic carboxylic acids is 1. The van der Waals surface area contributed by atoms with Crippen LogP contribution in [0.25, 0.3) is 0 Å². The van der Waals surface area contributed by atoms with Gasteiger partial charge in [0.2, 0.25) is 0 Å². The minimum atomic E-state index is -1.05. The lowest BCUT2D eigenvalue weighted by atomic mass is 10.0. The number of guanidine groups is 1. The van der Waals surface area contributed by atoms with Gasteiger partial charge >= 0.3 is 5.97 Å². The Labute approximate surface area is 103 Å².